The summed E-state index contributed by atoms with van der Waals surface area (Å²) in [5.41, 5.74) is 1.05. The number of urea groups is 1. The standard InChI is InChI=1S/C14H19ClN2O3S/c1-17(13-6-8-21(19,20)10-13)14(18)16-7-5-11-3-2-4-12(15)9-11/h2-4,9,13H,5-8,10H2,1H3,(H,16,18). The normalized spacial score (nSPS) is 20.2. The lowest BCUT2D eigenvalue weighted by atomic mass is 10.1. The largest absolute Gasteiger partial charge is 0.338 e. The van der Waals surface area contributed by atoms with Crippen molar-refractivity contribution in [3.8, 4) is 0 Å². The number of carbonyl (C=O) groups excluding carboxylic acids is 1. The molecule has 1 heterocycles. The van der Waals surface area contributed by atoms with Gasteiger partial charge in [0.15, 0.2) is 9.84 Å². The van der Waals surface area contributed by atoms with Gasteiger partial charge in [-0.3, -0.25) is 0 Å². The van der Waals surface area contributed by atoms with E-state index in [0.717, 1.165) is 5.56 Å². The predicted octanol–water partition coefficient (Wildman–Crippen LogP) is 1.71. The zero-order valence-electron chi connectivity index (χ0n) is 11.9. The van der Waals surface area contributed by atoms with Crippen molar-refractivity contribution in [3.63, 3.8) is 0 Å². The molecule has 116 valence electrons. The first-order chi connectivity index (χ1) is 9.87. The maximum atomic E-state index is 12.0. The Bertz CT molecular complexity index is 618. The zero-order valence-corrected chi connectivity index (χ0v) is 13.5. The van der Waals surface area contributed by atoms with Crippen molar-refractivity contribution in [1.29, 1.82) is 0 Å². The van der Waals surface area contributed by atoms with Crippen LogP contribution in [0, 0.1) is 0 Å². The summed E-state index contributed by atoms with van der Waals surface area (Å²) in [7, 11) is -1.34. The van der Waals surface area contributed by atoms with E-state index < -0.39 is 9.84 Å². The van der Waals surface area contributed by atoms with Crippen molar-refractivity contribution >= 4 is 27.5 Å². The van der Waals surface area contributed by atoms with Crippen LogP contribution >= 0.6 is 11.6 Å². The lowest BCUT2D eigenvalue weighted by molar-refractivity contribution is 0.195. The average molecular weight is 331 g/mol. The van der Waals surface area contributed by atoms with Gasteiger partial charge in [0.2, 0.25) is 0 Å². The summed E-state index contributed by atoms with van der Waals surface area (Å²) in [6.45, 7) is 0.489. The molecule has 0 aliphatic carbocycles. The number of halogens is 1. The summed E-state index contributed by atoms with van der Waals surface area (Å²) in [5, 5.41) is 3.48. The van der Waals surface area contributed by atoms with Gasteiger partial charge in [-0.25, -0.2) is 13.2 Å². The Labute approximate surface area is 130 Å². The molecule has 1 N–H and O–H groups in total. The summed E-state index contributed by atoms with van der Waals surface area (Å²) >= 11 is 5.90. The van der Waals surface area contributed by atoms with Crippen LogP contribution in [0.5, 0.6) is 0 Å². The molecule has 1 saturated heterocycles. The lowest BCUT2D eigenvalue weighted by Gasteiger charge is -2.23. The third kappa shape index (κ3) is 4.61. The second-order valence-corrected chi connectivity index (χ2v) is 7.94. The van der Waals surface area contributed by atoms with Crippen LogP contribution < -0.4 is 5.32 Å². The molecule has 0 bridgehead atoms. The molecule has 0 saturated carbocycles. The number of carbonyl (C=O) groups is 1. The number of sulfone groups is 1. The highest BCUT2D eigenvalue weighted by atomic mass is 35.5. The first-order valence-corrected chi connectivity index (χ1v) is 9.03. The van der Waals surface area contributed by atoms with E-state index in [4.69, 9.17) is 11.6 Å². The molecule has 2 amide bonds. The second-order valence-electron chi connectivity index (χ2n) is 5.28. The van der Waals surface area contributed by atoms with E-state index in [0.29, 0.717) is 24.4 Å². The second kappa shape index (κ2) is 6.66. The van der Waals surface area contributed by atoms with Gasteiger partial charge in [-0.1, -0.05) is 23.7 Å². The van der Waals surface area contributed by atoms with Crippen molar-refractivity contribution in [2.24, 2.45) is 0 Å². The molecule has 5 nitrogen and oxygen atoms in total. The molecule has 0 spiro atoms. The van der Waals surface area contributed by atoms with Crippen LogP contribution in [0.2, 0.25) is 5.02 Å². The highest BCUT2D eigenvalue weighted by Crippen LogP contribution is 2.16. The first-order valence-electron chi connectivity index (χ1n) is 6.83. The average Bonchev–Trinajstić information content (AvgIpc) is 2.78. The number of hydrogen-bond acceptors (Lipinski definition) is 3. The smallest absolute Gasteiger partial charge is 0.317 e. The first kappa shape index (κ1) is 16.1. The van der Waals surface area contributed by atoms with Crippen molar-refractivity contribution < 1.29 is 13.2 Å². The Kier molecular flexibility index (Phi) is 5.11. The third-order valence-electron chi connectivity index (χ3n) is 3.66. The highest BCUT2D eigenvalue weighted by molar-refractivity contribution is 7.91. The van der Waals surface area contributed by atoms with E-state index in [-0.39, 0.29) is 23.6 Å². The minimum absolute atomic E-state index is 0.0607. The molecule has 1 fully saturated rings. The van der Waals surface area contributed by atoms with Crippen LogP contribution in [-0.2, 0) is 16.3 Å². The summed E-state index contributed by atoms with van der Waals surface area (Å²) in [6, 6.07) is 7.03. The molecule has 1 aromatic carbocycles. The fraction of sp³-hybridized carbons (Fsp3) is 0.500. The van der Waals surface area contributed by atoms with Crippen molar-refractivity contribution in [2.75, 3.05) is 25.1 Å². The van der Waals surface area contributed by atoms with Gasteiger partial charge in [0.25, 0.3) is 0 Å². The molecular weight excluding hydrogens is 312 g/mol. The molecule has 0 radical (unpaired) electrons. The maximum absolute atomic E-state index is 12.0. The quantitative estimate of drug-likeness (QED) is 0.914. The number of amides is 2. The molecule has 1 unspecified atom stereocenters. The van der Waals surface area contributed by atoms with E-state index in [1.807, 2.05) is 18.2 Å². The van der Waals surface area contributed by atoms with Gasteiger partial charge in [0.1, 0.15) is 0 Å². The van der Waals surface area contributed by atoms with E-state index >= 15 is 0 Å². The Morgan fingerprint density at radius 1 is 1.48 bits per heavy atom. The summed E-state index contributed by atoms with van der Waals surface area (Å²) in [5.74, 6) is 0.225. The predicted molar refractivity (Wildman–Crippen MR) is 83.4 cm³/mol. The minimum Gasteiger partial charge on any atom is -0.338 e. The Morgan fingerprint density at radius 2 is 2.24 bits per heavy atom. The molecule has 1 aliphatic rings. The van der Waals surface area contributed by atoms with Crippen LogP contribution in [0.15, 0.2) is 24.3 Å². The molecule has 1 aliphatic heterocycles. The summed E-state index contributed by atoms with van der Waals surface area (Å²) in [6.07, 6.45) is 1.20. The number of nitrogens with zero attached hydrogens (tertiary/aromatic N) is 1. The number of benzene rings is 1. The minimum atomic E-state index is -2.98. The van der Waals surface area contributed by atoms with Crippen LogP contribution in [0.4, 0.5) is 4.79 Å². The lowest BCUT2D eigenvalue weighted by Crippen LogP contribution is -2.44. The molecule has 2 rings (SSSR count). The Balaban J connectivity index is 1.79. The monoisotopic (exact) mass is 330 g/mol. The van der Waals surface area contributed by atoms with E-state index in [1.165, 1.54) is 4.90 Å². The zero-order chi connectivity index (χ0) is 15.5. The van der Waals surface area contributed by atoms with Crippen LogP contribution in [0.25, 0.3) is 0 Å². The molecule has 1 atom stereocenters. The third-order valence-corrected chi connectivity index (χ3v) is 5.64. The van der Waals surface area contributed by atoms with Crippen molar-refractivity contribution in [1.82, 2.24) is 10.2 Å². The maximum Gasteiger partial charge on any atom is 0.317 e. The van der Waals surface area contributed by atoms with Crippen LogP contribution in [0.3, 0.4) is 0 Å². The molecular formula is C14H19ClN2O3S. The molecule has 21 heavy (non-hydrogen) atoms. The van der Waals surface area contributed by atoms with Crippen LogP contribution in [0.1, 0.15) is 12.0 Å². The van der Waals surface area contributed by atoms with Gasteiger partial charge in [-0.2, -0.15) is 0 Å². The fourth-order valence-electron chi connectivity index (χ4n) is 2.38. The van der Waals surface area contributed by atoms with Gasteiger partial charge >= 0.3 is 6.03 Å². The van der Waals surface area contributed by atoms with Crippen molar-refractivity contribution in [3.05, 3.63) is 34.9 Å². The summed E-state index contributed by atoms with van der Waals surface area (Å²) in [4.78, 5) is 13.5. The van der Waals surface area contributed by atoms with E-state index in [9.17, 15) is 13.2 Å². The number of nitrogens with one attached hydrogen (secondary N) is 1. The van der Waals surface area contributed by atoms with E-state index in [2.05, 4.69) is 5.32 Å². The topological polar surface area (TPSA) is 66.5 Å². The molecule has 7 heteroatoms. The Morgan fingerprint density at radius 3 is 2.86 bits per heavy atom. The van der Waals surface area contributed by atoms with Crippen LogP contribution in [-0.4, -0.2) is 50.5 Å². The number of hydrogen-bond donors (Lipinski definition) is 1. The highest BCUT2D eigenvalue weighted by Gasteiger charge is 2.32. The van der Waals surface area contributed by atoms with Gasteiger partial charge < -0.3 is 10.2 Å². The molecule has 1 aromatic rings. The SMILES string of the molecule is CN(C(=O)NCCc1cccc(Cl)c1)C1CCS(=O)(=O)C1. The van der Waals surface area contributed by atoms with Gasteiger partial charge in [-0.05, 0) is 30.5 Å². The van der Waals surface area contributed by atoms with Gasteiger partial charge in [-0.15, -0.1) is 0 Å². The number of rotatable bonds is 4. The fourth-order valence-corrected chi connectivity index (χ4v) is 4.36. The molecule has 0 aromatic heterocycles. The van der Waals surface area contributed by atoms with Crippen molar-refractivity contribution in [2.45, 2.75) is 18.9 Å². The van der Waals surface area contributed by atoms with Gasteiger partial charge in [0.05, 0.1) is 11.5 Å². The Hall–Kier alpha value is -1.27. The van der Waals surface area contributed by atoms with E-state index in [1.54, 1.807) is 13.1 Å². The van der Waals surface area contributed by atoms with Gasteiger partial charge in [0, 0.05) is 24.7 Å². The summed E-state index contributed by atoms with van der Waals surface area (Å²) < 4.78 is 22.9.